The van der Waals surface area contributed by atoms with Crippen molar-refractivity contribution in [2.24, 2.45) is 20.5 Å². The fraction of sp³-hybridized carbons (Fsp3) is 0.185. The van der Waals surface area contributed by atoms with Crippen molar-refractivity contribution in [1.82, 2.24) is 0 Å². The zero-order chi connectivity index (χ0) is 26.8. The molecule has 10 nitrogen and oxygen atoms in total. The van der Waals surface area contributed by atoms with E-state index in [1.165, 1.54) is 19.9 Å². The molecule has 0 aliphatic carbocycles. The molecule has 0 spiro atoms. The number of nitrogens with one attached hydrogen (secondary N) is 2. The van der Waals surface area contributed by atoms with Crippen LogP contribution in [0.1, 0.15) is 19.4 Å². The molecule has 0 aliphatic rings. The molecule has 0 heterocycles. The summed E-state index contributed by atoms with van der Waals surface area (Å²) >= 11 is 0. The maximum Gasteiger partial charge on any atom is 0.257 e. The first-order chi connectivity index (χ1) is 17.7. The van der Waals surface area contributed by atoms with E-state index in [-0.39, 0.29) is 38.4 Å². The second kappa shape index (κ2) is 14.8. The molecular weight excluding hydrogens is 561 g/mol. The molecule has 2 unspecified atom stereocenters. The number of nitrogens with zero attached hydrogens (tertiary/aromatic N) is 4. The summed E-state index contributed by atoms with van der Waals surface area (Å²) < 4.78 is 0. The minimum Gasteiger partial charge on any atom is -0.377 e. The van der Waals surface area contributed by atoms with Crippen LogP contribution in [0, 0.1) is 13.0 Å². The number of anilines is 2. The zero-order valence-electron chi connectivity index (χ0n) is 21.1. The maximum absolute atomic E-state index is 12.7. The SMILES string of the molecule is CC(=O)C(N=Nc1ccccc1)C(=O)Nc1[c-]cc(NC(=O)C(N=Nc2ccccc2)C(C)=O)c(C)c1.[Y]. The summed E-state index contributed by atoms with van der Waals surface area (Å²) in [6, 6.07) is 20.7. The molecular formula is C27H25N6O4Y-. The quantitative estimate of drug-likeness (QED) is 0.192. The monoisotopic (exact) mass is 586 g/mol. The number of carbonyl (C=O) groups excluding carboxylic acids is 4. The van der Waals surface area contributed by atoms with Crippen LogP contribution in [0.2, 0.25) is 0 Å². The Morgan fingerprint density at radius 2 is 1.18 bits per heavy atom. The summed E-state index contributed by atoms with van der Waals surface area (Å²) in [6.45, 7) is 4.21. The average molecular weight is 586 g/mol. The maximum atomic E-state index is 12.7. The van der Waals surface area contributed by atoms with Crippen molar-refractivity contribution in [2.45, 2.75) is 32.9 Å². The van der Waals surface area contributed by atoms with Gasteiger partial charge < -0.3 is 10.6 Å². The van der Waals surface area contributed by atoms with Gasteiger partial charge >= 0.3 is 0 Å². The van der Waals surface area contributed by atoms with E-state index in [1.54, 1.807) is 61.5 Å². The van der Waals surface area contributed by atoms with E-state index in [9.17, 15) is 19.2 Å². The molecule has 191 valence electrons. The van der Waals surface area contributed by atoms with Crippen LogP contribution in [-0.4, -0.2) is 35.5 Å². The third-order valence-electron chi connectivity index (χ3n) is 5.03. The number of Topliss-reactive ketones (excluding diaryl/α,β-unsaturated/α-hetero) is 2. The molecule has 3 aromatic carbocycles. The molecule has 2 amide bonds. The van der Waals surface area contributed by atoms with Gasteiger partial charge in [0, 0.05) is 32.7 Å². The predicted octanol–water partition coefficient (Wildman–Crippen LogP) is 5.15. The molecule has 3 rings (SSSR count). The molecule has 2 atom stereocenters. The molecule has 11 heteroatoms. The summed E-state index contributed by atoms with van der Waals surface area (Å²) in [7, 11) is 0. The van der Waals surface area contributed by atoms with Gasteiger partial charge in [-0.1, -0.05) is 54.7 Å². The van der Waals surface area contributed by atoms with Crippen LogP contribution in [-0.2, 0) is 51.9 Å². The van der Waals surface area contributed by atoms with Gasteiger partial charge in [0.05, 0.1) is 11.4 Å². The van der Waals surface area contributed by atoms with Crippen molar-refractivity contribution < 1.29 is 51.9 Å². The minimum absolute atomic E-state index is 0. The van der Waals surface area contributed by atoms with Crippen molar-refractivity contribution in [3.05, 3.63) is 84.4 Å². The number of carbonyl (C=O) groups is 4. The number of rotatable bonds is 10. The fourth-order valence-corrected chi connectivity index (χ4v) is 3.08. The number of hydrogen-bond acceptors (Lipinski definition) is 8. The first kappa shape index (κ1) is 30.5. The number of azo groups is 2. The second-order valence-electron chi connectivity index (χ2n) is 8.05. The molecule has 0 saturated heterocycles. The Labute approximate surface area is 245 Å². The van der Waals surface area contributed by atoms with Gasteiger partial charge in [-0.2, -0.15) is 32.6 Å². The molecule has 0 aromatic heterocycles. The van der Waals surface area contributed by atoms with E-state index in [4.69, 9.17) is 0 Å². The van der Waals surface area contributed by atoms with Crippen molar-refractivity contribution in [3.63, 3.8) is 0 Å². The van der Waals surface area contributed by atoms with Crippen LogP contribution in [0.5, 0.6) is 0 Å². The summed E-state index contributed by atoms with van der Waals surface area (Å²) in [5, 5.41) is 20.9. The van der Waals surface area contributed by atoms with Crippen LogP contribution in [0.4, 0.5) is 22.7 Å². The van der Waals surface area contributed by atoms with E-state index in [0.717, 1.165) is 0 Å². The van der Waals surface area contributed by atoms with Crippen molar-refractivity contribution in [2.75, 3.05) is 10.6 Å². The Morgan fingerprint density at radius 1 is 0.737 bits per heavy atom. The second-order valence-corrected chi connectivity index (χ2v) is 8.05. The molecule has 0 fully saturated rings. The van der Waals surface area contributed by atoms with Crippen molar-refractivity contribution in [3.8, 4) is 0 Å². The Balaban J connectivity index is 0.00000507. The number of ketones is 2. The normalized spacial score (nSPS) is 12.4. The summed E-state index contributed by atoms with van der Waals surface area (Å²) in [6.07, 6.45) is 0. The average Bonchev–Trinajstić information content (AvgIpc) is 2.87. The Kier molecular flexibility index (Phi) is 11.9. The Morgan fingerprint density at radius 3 is 1.61 bits per heavy atom. The van der Waals surface area contributed by atoms with Gasteiger partial charge in [0.25, 0.3) is 5.91 Å². The molecule has 0 aliphatic heterocycles. The van der Waals surface area contributed by atoms with Gasteiger partial charge in [-0.25, -0.2) is 0 Å². The van der Waals surface area contributed by atoms with Crippen LogP contribution in [0.3, 0.4) is 0 Å². The molecule has 0 bridgehead atoms. The van der Waals surface area contributed by atoms with Crippen LogP contribution < -0.4 is 10.6 Å². The molecule has 1 radical (unpaired) electrons. The van der Waals surface area contributed by atoms with Gasteiger partial charge in [-0.3, -0.25) is 19.2 Å². The van der Waals surface area contributed by atoms with Crippen molar-refractivity contribution in [1.29, 1.82) is 0 Å². The molecule has 0 saturated carbocycles. The Hall–Kier alpha value is -3.76. The smallest absolute Gasteiger partial charge is 0.257 e. The van der Waals surface area contributed by atoms with E-state index in [0.29, 0.717) is 22.6 Å². The van der Waals surface area contributed by atoms with Gasteiger partial charge in [0.1, 0.15) is 0 Å². The van der Waals surface area contributed by atoms with Gasteiger partial charge in [0.2, 0.25) is 18.0 Å². The van der Waals surface area contributed by atoms with Crippen LogP contribution in [0.25, 0.3) is 0 Å². The number of benzene rings is 3. The van der Waals surface area contributed by atoms with Crippen LogP contribution >= 0.6 is 0 Å². The van der Waals surface area contributed by atoms with Crippen molar-refractivity contribution >= 4 is 46.1 Å². The molecule has 38 heavy (non-hydrogen) atoms. The van der Waals surface area contributed by atoms with Crippen LogP contribution in [0.15, 0.2) is 93.3 Å². The first-order valence-electron chi connectivity index (χ1n) is 11.3. The third-order valence-corrected chi connectivity index (χ3v) is 5.03. The molecule has 2 N–H and O–H groups in total. The summed E-state index contributed by atoms with van der Waals surface area (Å²) in [4.78, 5) is 49.4. The van der Waals surface area contributed by atoms with E-state index in [1.807, 2.05) is 12.1 Å². The van der Waals surface area contributed by atoms with Gasteiger partial charge in [-0.05, 0) is 38.1 Å². The summed E-state index contributed by atoms with van der Waals surface area (Å²) in [5.41, 5.74) is 2.24. The number of amides is 2. The van der Waals surface area contributed by atoms with E-state index in [2.05, 4.69) is 37.2 Å². The first-order valence-corrected chi connectivity index (χ1v) is 11.3. The standard InChI is InChI=1S/C27H25N6O4.Y/c1-17-16-22(28-26(36)24(18(2)34)32-30-20-10-6-4-7-11-20)14-15-23(17)29-27(37)25(19(3)35)33-31-21-12-8-5-9-13-21;/h4-13,15-16,24-25H,1-3H3,(H,28,36)(H,29,37);/q-1;. The fourth-order valence-electron chi connectivity index (χ4n) is 3.08. The molecule has 3 aromatic rings. The minimum atomic E-state index is -1.33. The topological polar surface area (TPSA) is 142 Å². The third kappa shape index (κ3) is 8.97. The number of hydrogen-bond donors (Lipinski definition) is 2. The van der Waals surface area contributed by atoms with E-state index < -0.39 is 35.5 Å². The van der Waals surface area contributed by atoms with Gasteiger partial charge in [-0.15, -0.1) is 11.6 Å². The Bertz CT molecular complexity index is 1350. The van der Waals surface area contributed by atoms with E-state index >= 15 is 0 Å². The predicted molar refractivity (Wildman–Crippen MR) is 138 cm³/mol. The largest absolute Gasteiger partial charge is 0.377 e. The zero-order valence-corrected chi connectivity index (χ0v) is 23.9. The van der Waals surface area contributed by atoms with Gasteiger partial charge in [0.15, 0.2) is 11.6 Å². The number of aryl methyl sites for hydroxylation is 1. The summed E-state index contributed by atoms with van der Waals surface area (Å²) in [5.74, 6) is -2.27.